The number of aliphatic hydroxyl groups excluding tert-OH is 7. The van der Waals surface area contributed by atoms with Gasteiger partial charge in [-0.3, -0.25) is 34.9 Å². The first-order chi connectivity index (χ1) is 60.7. The van der Waals surface area contributed by atoms with Gasteiger partial charge in [0.25, 0.3) is 0 Å². The van der Waals surface area contributed by atoms with Crippen molar-refractivity contribution in [1.82, 2.24) is 34.9 Å². The van der Waals surface area contributed by atoms with Gasteiger partial charge >= 0.3 is 0 Å². The molecule has 7 aliphatic rings. The van der Waals surface area contributed by atoms with Crippen LogP contribution in [0.1, 0.15) is 263 Å². The lowest BCUT2D eigenvalue weighted by atomic mass is 9.95. The summed E-state index contributed by atoms with van der Waals surface area (Å²) >= 11 is 0. The number of methoxy groups -OCH3 is 4. The van der Waals surface area contributed by atoms with E-state index in [0.29, 0.717) is 86.0 Å². The Labute approximate surface area is 762 Å². The summed E-state index contributed by atoms with van der Waals surface area (Å²) < 4.78 is 20.7. The lowest BCUT2D eigenvalue weighted by molar-refractivity contribution is 0.0357. The third-order valence-corrected chi connectivity index (χ3v) is 25.8. The van der Waals surface area contributed by atoms with Crippen molar-refractivity contribution in [3.63, 3.8) is 0 Å². The molecule has 14 atom stereocenters. The maximum atomic E-state index is 9.96. The molecular formula is C102H162N14O11. The van der Waals surface area contributed by atoms with Crippen LogP contribution in [0.25, 0.3) is 0 Å². The molecule has 706 valence electrons. The molecule has 25 nitrogen and oxygen atoms in total. The summed E-state index contributed by atoms with van der Waals surface area (Å²) in [5.74, 6) is 3.99. The first-order valence-corrected chi connectivity index (χ1v) is 47.4. The molecule has 0 spiro atoms. The van der Waals surface area contributed by atoms with Crippen LogP contribution in [0.4, 0.5) is 39.8 Å². The van der Waals surface area contributed by atoms with E-state index in [1.807, 2.05) is 43.4 Å². The highest BCUT2D eigenvalue weighted by Gasteiger charge is 2.34. The fourth-order valence-electron chi connectivity index (χ4n) is 17.6. The SMILES string of the molecule is CC(C)c1ccc(N2CCC(O)CC2C)cn1.CC(C)c1ccc(N2CC[C@@H](O)C[C@H]2C)cn1.CC(C)c1ccc(N2CC[C@H](O)C[C@@H]2C)cn1.COC[C@@H]1CN(c2ccc(C(C)C)nc2)CC[C@@H]1O.COC[C@@H]1CN(c2ccc(C(C)C)nc2)CC[C@H]1O.COC[C@H]1CN(c2ccc(C(C)C)nc2)CC[C@@H]1O.COC[C@H]1CN(c2ccc(C(C)C)nc2)CC[C@H]1O. The van der Waals surface area contributed by atoms with Crippen molar-refractivity contribution in [3.8, 4) is 0 Å². The van der Waals surface area contributed by atoms with Crippen LogP contribution in [0.2, 0.25) is 0 Å². The molecule has 0 radical (unpaired) electrons. The van der Waals surface area contributed by atoms with E-state index in [-0.39, 0.29) is 66.4 Å². The minimum absolute atomic E-state index is 0.135. The third-order valence-electron chi connectivity index (χ3n) is 25.8. The number of anilines is 7. The highest BCUT2D eigenvalue weighted by atomic mass is 16.5. The van der Waals surface area contributed by atoms with Crippen LogP contribution >= 0.6 is 0 Å². The van der Waals surface area contributed by atoms with Gasteiger partial charge in [-0.2, -0.15) is 0 Å². The Hall–Kier alpha value is -7.79. The number of piperidine rings is 7. The van der Waals surface area contributed by atoms with Gasteiger partial charge in [0, 0.05) is 182 Å². The molecule has 25 heteroatoms. The molecule has 14 rings (SSSR count). The van der Waals surface area contributed by atoms with Crippen molar-refractivity contribution in [1.29, 1.82) is 0 Å². The predicted octanol–water partition coefficient (Wildman–Crippen LogP) is 15.8. The van der Waals surface area contributed by atoms with Crippen molar-refractivity contribution >= 4 is 39.8 Å². The zero-order chi connectivity index (χ0) is 92.6. The number of hydrogen-bond donors (Lipinski definition) is 7. The van der Waals surface area contributed by atoms with E-state index in [1.54, 1.807) is 28.4 Å². The summed E-state index contributed by atoms with van der Waals surface area (Å²) in [4.78, 5) is 47.7. The normalized spacial score (nSPS) is 24.5. The standard InChI is InChI=1S/4C15H24N2O2.3C14H22N2O/c4*1-11(2)14-5-4-13(8-16-14)17-7-6-15(18)12(9-17)10-19-3;3*1-10(2)14-5-4-12(9-15-14)16-7-6-13(17)8-11(16)3/h4*4-5,8,11-12,15,18H,6-7,9-10H2,1-3H3;3*4-5,9-11,13,17H,6-8H2,1-3H3/t2*12-,15+;2*12-,15-;2*11-,13-;/m101010./s1. The van der Waals surface area contributed by atoms with Crippen LogP contribution in [0.3, 0.4) is 0 Å². The molecule has 2 unspecified atom stereocenters. The molecule has 0 aromatic carbocycles. The quantitative estimate of drug-likeness (QED) is 0.0332. The molecule has 7 fully saturated rings. The molecular weight excluding hydrogens is 1600 g/mol. The van der Waals surface area contributed by atoms with Crippen molar-refractivity contribution in [2.75, 3.05) is 161 Å². The van der Waals surface area contributed by atoms with Gasteiger partial charge < -0.3 is 89.0 Å². The summed E-state index contributed by atoms with van der Waals surface area (Å²) in [5, 5.41) is 68.7. The summed E-state index contributed by atoms with van der Waals surface area (Å²) in [6, 6.07) is 30.8. The monoisotopic (exact) mass is 1760 g/mol. The van der Waals surface area contributed by atoms with Gasteiger partial charge in [0.2, 0.25) is 0 Å². The molecule has 7 aromatic rings. The molecule has 7 aromatic heterocycles. The maximum Gasteiger partial charge on any atom is 0.0624 e. The van der Waals surface area contributed by atoms with Crippen molar-refractivity contribution < 1.29 is 54.7 Å². The van der Waals surface area contributed by atoms with E-state index in [0.717, 1.165) is 199 Å². The Kier molecular flexibility index (Phi) is 43.6. The fraction of sp³-hybridized carbons (Fsp3) is 0.657. The predicted molar refractivity (Wildman–Crippen MR) is 517 cm³/mol. The smallest absolute Gasteiger partial charge is 0.0624 e. The van der Waals surface area contributed by atoms with Crippen LogP contribution in [0, 0.1) is 23.7 Å². The van der Waals surface area contributed by atoms with Gasteiger partial charge in [-0.15, -0.1) is 0 Å². The molecule has 127 heavy (non-hydrogen) atoms. The lowest BCUT2D eigenvalue weighted by Crippen LogP contribution is -2.45. The number of nitrogens with zero attached hydrogens (tertiary/aromatic N) is 14. The number of aromatic nitrogens is 7. The van der Waals surface area contributed by atoms with Crippen molar-refractivity contribution in [2.45, 2.75) is 284 Å². The van der Waals surface area contributed by atoms with Gasteiger partial charge in [0.1, 0.15) is 0 Å². The van der Waals surface area contributed by atoms with Gasteiger partial charge in [-0.05, 0) is 211 Å². The van der Waals surface area contributed by atoms with Gasteiger partial charge in [0.05, 0.1) is 152 Å². The maximum absolute atomic E-state index is 9.96. The van der Waals surface area contributed by atoms with E-state index in [9.17, 15) is 35.7 Å². The van der Waals surface area contributed by atoms with E-state index in [1.165, 1.54) is 17.1 Å². The largest absolute Gasteiger partial charge is 0.393 e. The van der Waals surface area contributed by atoms with E-state index in [4.69, 9.17) is 18.9 Å². The Morgan fingerprint density at radius 3 is 0.575 bits per heavy atom. The van der Waals surface area contributed by atoms with E-state index < -0.39 is 0 Å². The number of pyridine rings is 7. The average molecular weight is 1760 g/mol. The number of hydrogen-bond acceptors (Lipinski definition) is 25. The molecule has 0 bridgehead atoms. The molecule has 0 amide bonds. The van der Waals surface area contributed by atoms with Gasteiger partial charge in [0.15, 0.2) is 0 Å². The molecule has 7 saturated heterocycles. The third kappa shape index (κ3) is 32.6. The Morgan fingerprint density at radius 2 is 0.433 bits per heavy atom. The topological polar surface area (TPSA) is 291 Å². The van der Waals surface area contributed by atoms with Crippen LogP contribution in [-0.4, -0.2) is 258 Å². The fourth-order valence-corrected chi connectivity index (χ4v) is 17.6. The van der Waals surface area contributed by atoms with Gasteiger partial charge in [-0.1, -0.05) is 96.9 Å². The Morgan fingerprint density at radius 1 is 0.260 bits per heavy atom. The van der Waals surface area contributed by atoms with Crippen molar-refractivity contribution in [3.05, 3.63) is 168 Å². The number of aliphatic hydroxyl groups is 7. The number of rotatable bonds is 22. The first-order valence-electron chi connectivity index (χ1n) is 47.4. The zero-order valence-corrected chi connectivity index (χ0v) is 81.0. The molecule has 14 heterocycles. The second-order valence-electron chi connectivity index (χ2n) is 38.4. The second-order valence-corrected chi connectivity index (χ2v) is 38.4. The zero-order valence-electron chi connectivity index (χ0n) is 81.0. The lowest BCUT2D eigenvalue weighted by Gasteiger charge is -2.37. The second kappa shape index (κ2) is 52.9. The minimum Gasteiger partial charge on any atom is -0.393 e. The summed E-state index contributed by atoms with van der Waals surface area (Å²) in [7, 11) is 6.74. The van der Waals surface area contributed by atoms with Gasteiger partial charge in [-0.25, -0.2) is 0 Å². The van der Waals surface area contributed by atoms with Crippen LogP contribution in [-0.2, 0) is 18.9 Å². The average Bonchev–Trinajstić information content (AvgIpc) is 0.864. The molecule has 0 aliphatic carbocycles. The van der Waals surface area contributed by atoms with Crippen LogP contribution in [0.5, 0.6) is 0 Å². The van der Waals surface area contributed by atoms with E-state index >= 15 is 0 Å². The van der Waals surface area contributed by atoms with E-state index in [2.05, 4.69) is 272 Å². The molecule has 7 N–H and O–H groups in total. The summed E-state index contributed by atoms with van der Waals surface area (Å²) in [6.07, 6.45) is 20.5. The highest BCUT2D eigenvalue weighted by molar-refractivity contribution is 5.51. The highest BCUT2D eigenvalue weighted by Crippen LogP contribution is 2.34. The number of ether oxygens (including phenoxy) is 4. The van der Waals surface area contributed by atoms with Crippen LogP contribution < -0.4 is 34.3 Å². The molecule has 7 aliphatic heterocycles. The summed E-state index contributed by atoms with van der Waals surface area (Å²) in [5.41, 5.74) is 16.0. The molecule has 0 saturated carbocycles. The first kappa shape index (κ1) is 105. The van der Waals surface area contributed by atoms with Crippen LogP contribution in [0.15, 0.2) is 128 Å². The minimum atomic E-state index is -0.251. The summed E-state index contributed by atoms with van der Waals surface area (Å²) in [6.45, 7) is 48.6. The van der Waals surface area contributed by atoms with Crippen molar-refractivity contribution in [2.24, 2.45) is 23.7 Å². The Bertz CT molecular complexity index is 3650. The Balaban J connectivity index is 0.000000183.